The van der Waals surface area contributed by atoms with Gasteiger partial charge in [0.15, 0.2) is 0 Å². The summed E-state index contributed by atoms with van der Waals surface area (Å²) >= 11 is 0. The smallest absolute Gasteiger partial charge is 0.325 e. The van der Waals surface area contributed by atoms with Crippen molar-refractivity contribution in [2.24, 2.45) is 17.8 Å². The zero-order valence-corrected chi connectivity index (χ0v) is 12.0. The van der Waals surface area contributed by atoms with Crippen LogP contribution in [0.3, 0.4) is 0 Å². The Morgan fingerprint density at radius 1 is 1.00 bits per heavy atom. The Kier molecular flexibility index (Phi) is 4.62. The highest BCUT2D eigenvalue weighted by atomic mass is 16.5. The number of carbonyl (C=O) groups excluding carboxylic acids is 3. The van der Waals surface area contributed by atoms with Crippen LogP contribution in [0.25, 0.3) is 0 Å². The third-order valence-corrected chi connectivity index (χ3v) is 4.46. The average molecular weight is 283 g/mol. The highest BCUT2D eigenvalue weighted by molar-refractivity contribution is 5.87. The molecule has 112 valence electrons. The van der Waals surface area contributed by atoms with E-state index >= 15 is 0 Å². The summed E-state index contributed by atoms with van der Waals surface area (Å²) in [6.07, 6.45) is 4.25. The summed E-state index contributed by atoms with van der Waals surface area (Å²) in [4.78, 5) is 36.6. The minimum absolute atomic E-state index is 0.0527. The van der Waals surface area contributed by atoms with Crippen LogP contribution < -0.4 is 0 Å². The minimum Gasteiger partial charge on any atom is -0.468 e. The molecule has 0 aliphatic heterocycles. The van der Waals surface area contributed by atoms with E-state index in [1.165, 1.54) is 25.5 Å². The van der Waals surface area contributed by atoms with Gasteiger partial charge >= 0.3 is 11.9 Å². The van der Waals surface area contributed by atoms with E-state index in [1.807, 2.05) is 0 Å². The monoisotopic (exact) mass is 283 g/mol. The lowest BCUT2D eigenvalue weighted by atomic mass is 9.87. The molecule has 0 N–H and O–H groups in total. The molecule has 2 bridgehead atoms. The molecule has 2 aliphatic carbocycles. The topological polar surface area (TPSA) is 72.9 Å². The third kappa shape index (κ3) is 3.11. The van der Waals surface area contributed by atoms with E-state index in [4.69, 9.17) is 0 Å². The molecule has 3 atom stereocenters. The van der Waals surface area contributed by atoms with E-state index in [0.717, 1.165) is 19.3 Å². The second-order valence-electron chi connectivity index (χ2n) is 5.63. The molecule has 2 saturated carbocycles. The van der Waals surface area contributed by atoms with E-state index in [9.17, 15) is 14.4 Å². The number of esters is 2. The van der Waals surface area contributed by atoms with E-state index < -0.39 is 11.9 Å². The summed E-state index contributed by atoms with van der Waals surface area (Å²) in [6.45, 7) is -0.392. The first kappa shape index (κ1) is 14.8. The first-order chi connectivity index (χ1) is 9.55. The molecule has 0 aromatic heterocycles. The van der Waals surface area contributed by atoms with Gasteiger partial charge in [-0.3, -0.25) is 14.4 Å². The van der Waals surface area contributed by atoms with Crippen molar-refractivity contribution in [2.45, 2.75) is 25.7 Å². The predicted molar refractivity (Wildman–Crippen MR) is 69.6 cm³/mol. The van der Waals surface area contributed by atoms with Crippen molar-refractivity contribution in [3.63, 3.8) is 0 Å². The average Bonchev–Trinajstić information content (AvgIpc) is 3.07. The van der Waals surface area contributed by atoms with Crippen LogP contribution in [0, 0.1) is 17.8 Å². The molecule has 0 aromatic carbocycles. The third-order valence-electron chi connectivity index (χ3n) is 4.46. The Bertz CT molecular complexity index is 390. The summed E-state index contributed by atoms with van der Waals surface area (Å²) in [7, 11) is 2.53. The van der Waals surface area contributed by atoms with Crippen LogP contribution in [-0.4, -0.2) is 50.1 Å². The van der Waals surface area contributed by atoms with Crippen LogP contribution in [0.2, 0.25) is 0 Å². The van der Waals surface area contributed by atoms with Gasteiger partial charge in [-0.05, 0) is 31.1 Å². The zero-order chi connectivity index (χ0) is 14.7. The van der Waals surface area contributed by atoms with Crippen LogP contribution in [0.1, 0.15) is 25.7 Å². The summed E-state index contributed by atoms with van der Waals surface area (Å²) in [6, 6.07) is 0. The van der Waals surface area contributed by atoms with Gasteiger partial charge in [0.2, 0.25) is 5.91 Å². The molecule has 0 heterocycles. The summed E-state index contributed by atoms with van der Waals surface area (Å²) in [5.41, 5.74) is 0. The normalized spacial score (nSPS) is 27.2. The number of amides is 1. The number of fused-ring (bicyclic) bond motifs is 2. The first-order valence-electron chi connectivity index (χ1n) is 6.97. The van der Waals surface area contributed by atoms with Gasteiger partial charge in [-0.25, -0.2) is 0 Å². The second-order valence-corrected chi connectivity index (χ2v) is 5.63. The van der Waals surface area contributed by atoms with Gasteiger partial charge in [-0.2, -0.15) is 0 Å². The SMILES string of the molecule is COC(=O)CN(CC(=O)OC)C(=O)C1CC2CCC1C2. The molecule has 6 heteroatoms. The lowest BCUT2D eigenvalue weighted by molar-refractivity contribution is -0.154. The fraction of sp³-hybridized carbons (Fsp3) is 0.786. The highest BCUT2D eigenvalue weighted by Crippen LogP contribution is 2.48. The fourth-order valence-electron chi connectivity index (χ4n) is 3.43. The number of carbonyl (C=O) groups is 3. The van der Waals surface area contributed by atoms with Crippen LogP contribution in [0.15, 0.2) is 0 Å². The van der Waals surface area contributed by atoms with E-state index in [2.05, 4.69) is 9.47 Å². The molecule has 2 fully saturated rings. The Balaban J connectivity index is 2.02. The van der Waals surface area contributed by atoms with Crippen molar-refractivity contribution < 1.29 is 23.9 Å². The van der Waals surface area contributed by atoms with Crippen molar-refractivity contribution in [1.82, 2.24) is 4.90 Å². The number of rotatable bonds is 5. The molecule has 6 nitrogen and oxygen atoms in total. The summed E-state index contributed by atoms with van der Waals surface area (Å²) < 4.78 is 9.17. The van der Waals surface area contributed by atoms with Gasteiger partial charge in [-0.15, -0.1) is 0 Å². The quantitative estimate of drug-likeness (QED) is 0.691. The fourth-order valence-corrected chi connectivity index (χ4v) is 3.43. The molecule has 0 radical (unpaired) electrons. The standard InChI is InChI=1S/C14H21NO5/c1-19-12(16)7-15(8-13(17)20-2)14(18)11-6-9-3-4-10(11)5-9/h9-11H,3-8H2,1-2H3. The van der Waals surface area contributed by atoms with Gasteiger partial charge in [0, 0.05) is 5.92 Å². The van der Waals surface area contributed by atoms with Gasteiger partial charge < -0.3 is 14.4 Å². The highest BCUT2D eigenvalue weighted by Gasteiger charge is 2.44. The van der Waals surface area contributed by atoms with Crippen molar-refractivity contribution in [2.75, 3.05) is 27.3 Å². The molecular formula is C14H21NO5. The van der Waals surface area contributed by atoms with E-state index in [1.54, 1.807) is 0 Å². The lowest BCUT2D eigenvalue weighted by Gasteiger charge is -2.27. The molecule has 1 amide bonds. The van der Waals surface area contributed by atoms with Crippen molar-refractivity contribution in [3.8, 4) is 0 Å². The largest absolute Gasteiger partial charge is 0.468 e. The molecule has 3 unspecified atom stereocenters. The summed E-state index contributed by atoms with van der Waals surface area (Å²) in [5.74, 6) is -0.177. The van der Waals surface area contributed by atoms with Gasteiger partial charge in [0.1, 0.15) is 13.1 Å². The number of nitrogens with zero attached hydrogens (tertiary/aromatic N) is 1. The van der Waals surface area contributed by atoms with Crippen LogP contribution in [0.5, 0.6) is 0 Å². The number of ether oxygens (including phenoxy) is 2. The molecule has 20 heavy (non-hydrogen) atoms. The van der Waals surface area contributed by atoms with Crippen molar-refractivity contribution >= 4 is 17.8 Å². The molecule has 0 spiro atoms. The van der Waals surface area contributed by atoms with Crippen LogP contribution in [-0.2, 0) is 23.9 Å². The van der Waals surface area contributed by atoms with E-state index in [0.29, 0.717) is 11.8 Å². The molecular weight excluding hydrogens is 262 g/mol. The molecule has 0 aromatic rings. The zero-order valence-electron chi connectivity index (χ0n) is 12.0. The molecule has 2 rings (SSSR count). The lowest BCUT2D eigenvalue weighted by Crippen LogP contribution is -2.44. The maximum atomic E-state index is 12.5. The predicted octanol–water partition coefficient (Wildman–Crippen LogP) is 0.597. The van der Waals surface area contributed by atoms with E-state index in [-0.39, 0.29) is 24.9 Å². The maximum Gasteiger partial charge on any atom is 0.325 e. The Morgan fingerprint density at radius 3 is 2.00 bits per heavy atom. The maximum absolute atomic E-state index is 12.5. The molecule has 0 saturated heterocycles. The number of hydrogen-bond donors (Lipinski definition) is 0. The van der Waals surface area contributed by atoms with Gasteiger partial charge in [-0.1, -0.05) is 6.42 Å². The van der Waals surface area contributed by atoms with Crippen molar-refractivity contribution in [1.29, 1.82) is 0 Å². The van der Waals surface area contributed by atoms with Gasteiger partial charge in [0.25, 0.3) is 0 Å². The summed E-state index contributed by atoms with van der Waals surface area (Å²) in [5, 5.41) is 0. The molecule has 2 aliphatic rings. The minimum atomic E-state index is -0.523. The van der Waals surface area contributed by atoms with Crippen LogP contribution >= 0.6 is 0 Å². The number of hydrogen-bond acceptors (Lipinski definition) is 5. The second kappa shape index (κ2) is 6.24. The Morgan fingerprint density at radius 2 is 1.60 bits per heavy atom. The van der Waals surface area contributed by atoms with Gasteiger partial charge in [0.05, 0.1) is 14.2 Å². The van der Waals surface area contributed by atoms with Crippen molar-refractivity contribution in [3.05, 3.63) is 0 Å². The Labute approximate surface area is 118 Å². The van der Waals surface area contributed by atoms with Crippen LogP contribution in [0.4, 0.5) is 0 Å². The number of methoxy groups -OCH3 is 2. The first-order valence-corrected chi connectivity index (χ1v) is 6.97. The Hall–Kier alpha value is -1.59.